The summed E-state index contributed by atoms with van der Waals surface area (Å²) in [6.45, 7) is 1.91. The normalized spacial score (nSPS) is 21.9. The first-order valence-corrected chi connectivity index (χ1v) is 7.74. The van der Waals surface area contributed by atoms with Crippen molar-refractivity contribution in [2.75, 3.05) is 6.61 Å². The van der Waals surface area contributed by atoms with E-state index in [1.165, 1.54) is 0 Å². The van der Waals surface area contributed by atoms with Crippen LogP contribution in [0.5, 0.6) is 0 Å². The molecule has 0 bridgehead atoms. The fourth-order valence-corrected chi connectivity index (χ4v) is 2.69. The van der Waals surface area contributed by atoms with Crippen LogP contribution in [-0.2, 0) is 4.84 Å². The average molecular weight is 308 g/mol. The fraction of sp³-hybridized carbons (Fsp3) is 0.263. The van der Waals surface area contributed by atoms with Crippen molar-refractivity contribution in [3.8, 4) is 0 Å². The second kappa shape index (κ2) is 7.20. The molecule has 2 unspecified atom stereocenters. The van der Waals surface area contributed by atoms with Gasteiger partial charge in [0.05, 0.1) is 24.3 Å². The molecule has 0 radical (unpaired) electrons. The number of aliphatic hydroxyl groups is 1. The van der Waals surface area contributed by atoms with Gasteiger partial charge in [-0.15, -0.1) is 0 Å². The molecule has 2 aromatic carbocycles. The van der Waals surface area contributed by atoms with Gasteiger partial charge in [0, 0.05) is 6.21 Å². The van der Waals surface area contributed by atoms with E-state index in [0.29, 0.717) is 0 Å². The summed E-state index contributed by atoms with van der Waals surface area (Å²) in [5, 5.41) is 13.7. The highest BCUT2D eigenvalue weighted by atomic mass is 16.6. The van der Waals surface area contributed by atoms with Crippen LogP contribution < -0.4 is 0 Å². The van der Waals surface area contributed by atoms with Crippen molar-refractivity contribution < 1.29 is 9.94 Å². The maximum atomic E-state index is 9.63. The van der Waals surface area contributed by atoms with Crippen LogP contribution in [0, 0.1) is 5.92 Å². The van der Waals surface area contributed by atoms with Crippen molar-refractivity contribution in [2.45, 2.75) is 19.1 Å². The number of benzene rings is 2. The van der Waals surface area contributed by atoms with Gasteiger partial charge in [0.1, 0.15) is 0 Å². The molecule has 118 valence electrons. The van der Waals surface area contributed by atoms with Crippen LogP contribution in [0.4, 0.5) is 0 Å². The van der Waals surface area contributed by atoms with E-state index in [1.54, 1.807) is 0 Å². The molecule has 23 heavy (non-hydrogen) atoms. The minimum Gasteiger partial charge on any atom is -0.394 e. The summed E-state index contributed by atoms with van der Waals surface area (Å²) >= 11 is 0. The monoisotopic (exact) mass is 308 g/mol. The topological polar surface area (TPSA) is 54.2 Å². The molecule has 0 spiro atoms. The summed E-state index contributed by atoms with van der Waals surface area (Å²) in [4.78, 5) is 10.2. The van der Waals surface area contributed by atoms with Gasteiger partial charge in [0.25, 0.3) is 0 Å². The first kappa shape index (κ1) is 15.4. The number of oxime groups is 1. The summed E-state index contributed by atoms with van der Waals surface area (Å²) in [5.74, 6) is -0.0184. The quantitative estimate of drug-likeness (QED) is 0.859. The summed E-state index contributed by atoms with van der Waals surface area (Å²) < 4.78 is 0. The average Bonchev–Trinajstić information content (AvgIpc) is 2.98. The Balaban J connectivity index is 1.80. The standard InChI is InChI=1S/C19H20N2O2/c1-14-17(19(23-21-14)16-10-6-3-7-11-16)12-20-18(13-22)15-8-4-2-5-9-15/h2-12,17-19,22H,13H2,1H3/b20-12+/t17?,18-,19?/m1/s1. The van der Waals surface area contributed by atoms with Gasteiger partial charge in [0.15, 0.2) is 6.10 Å². The van der Waals surface area contributed by atoms with E-state index < -0.39 is 0 Å². The molecule has 1 aliphatic heterocycles. The van der Waals surface area contributed by atoms with Crippen LogP contribution >= 0.6 is 0 Å². The molecule has 0 saturated carbocycles. The Morgan fingerprint density at radius 1 is 1.13 bits per heavy atom. The van der Waals surface area contributed by atoms with Crippen LogP contribution in [0.1, 0.15) is 30.2 Å². The fourth-order valence-electron chi connectivity index (χ4n) is 2.69. The van der Waals surface area contributed by atoms with Crippen molar-refractivity contribution in [3.63, 3.8) is 0 Å². The molecule has 3 rings (SSSR count). The maximum absolute atomic E-state index is 9.63. The minimum absolute atomic E-state index is 0.0184. The van der Waals surface area contributed by atoms with E-state index in [1.807, 2.05) is 73.8 Å². The second-order valence-corrected chi connectivity index (χ2v) is 5.60. The lowest BCUT2D eigenvalue weighted by Crippen LogP contribution is -2.17. The van der Waals surface area contributed by atoms with Crippen molar-refractivity contribution in [2.24, 2.45) is 16.1 Å². The number of aliphatic imine (C=N–C) groups is 1. The van der Waals surface area contributed by atoms with Crippen molar-refractivity contribution in [3.05, 3.63) is 71.8 Å². The molecule has 1 aliphatic rings. The lowest BCUT2D eigenvalue weighted by molar-refractivity contribution is 0.0749. The van der Waals surface area contributed by atoms with E-state index in [-0.39, 0.29) is 24.7 Å². The molecular weight excluding hydrogens is 288 g/mol. The predicted molar refractivity (Wildman–Crippen MR) is 91.6 cm³/mol. The third-order valence-corrected chi connectivity index (χ3v) is 4.03. The summed E-state index contributed by atoms with van der Waals surface area (Å²) in [6.07, 6.45) is 1.70. The van der Waals surface area contributed by atoms with Gasteiger partial charge in [-0.2, -0.15) is 0 Å². The Hall–Kier alpha value is -2.46. The van der Waals surface area contributed by atoms with E-state index in [4.69, 9.17) is 4.84 Å². The third kappa shape index (κ3) is 3.48. The van der Waals surface area contributed by atoms with Gasteiger partial charge >= 0.3 is 0 Å². The van der Waals surface area contributed by atoms with Crippen LogP contribution in [0.15, 0.2) is 70.8 Å². The predicted octanol–water partition coefficient (Wildman–Crippen LogP) is 3.55. The minimum atomic E-state index is -0.263. The molecule has 0 aromatic heterocycles. The second-order valence-electron chi connectivity index (χ2n) is 5.60. The first-order valence-electron chi connectivity index (χ1n) is 7.74. The van der Waals surface area contributed by atoms with Crippen LogP contribution in [0.25, 0.3) is 0 Å². The number of aliphatic hydroxyl groups excluding tert-OH is 1. The molecule has 1 N–H and O–H groups in total. The molecule has 4 heteroatoms. The number of nitrogens with zero attached hydrogens (tertiary/aromatic N) is 2. The molecule has 1 heterocycles. The van der Waals surface area contributed by atoms with Gasteiger partial charge in [-0.1, -0.05) is 65.8 Å². The zero-order chi connectivity index (χ0) is 16.1. The van der Waals surface area contributed by atoms with Crippen LogP contribution in [0.2, 0.25) is 0 Å². The van der Waals surface area contributed by atoms with Crippen LogP contribution in [0.3, 0.4) is 0 Å². The van der Waals surface area contributed by atoms with Gasteiger partial charge in [0.2, 0.25) is 0 Å². The molecule has 0 saturated heterocycles. The van der Waals surface area contributed by atoms with Crippen molar-refractivity contribution in [1.82, 2.24) is 0 Å². The maximum Gasteiger partial charge on any atom is 0.165 e. The Kier molecular flexibility index (Phi) is 4.83. The SMILES string of the molecule is CC1=NOC(c2ccccc2)C1/C=N/[C@H](CO)c1ccccc1. The molecule has 4 nitrogen and oxygen atoms in total. The Labute approximate surface area is 136 Å². The van der Waals surface area contributed by atoms with E-state index >= 15 is 0 Å². The molecule has 2 aromatic rings. The zero-order valence-corrected chi connectivity index (χ0v) is 13.0. The summed E-state index contributed by atoms with van der Waals surface area (Å²) in [5.41, 5.74) is 2.97. The molecular formula is C19H20N2O2. The number of hydrogen-bond acceptors (Lipinski definition) is 4. The van der Waals surface area contributed by atoms with E-state index in [9.17, 15) is 5.11 Å². The lowest BCUT2D eigenvalue weighted by atomic mass is 9.93. The van der Waals surface area contributed by atoms with E-state index in [0.717, 1.165) is 16.8 Å². The van der Waals surface area contributed by atoms with Gasteiger partial charge < -0.3 is 9.94 Å². The number of hydrogen-bond donors (Lipinski definition) is 1. The largest absolute Gasteiger partial charge is 0.394 e. The first-order chi connectivity index (χ1) is 11.3. The summed E-state index contributed by atoms with van der Waals surface area (Å²) in [7, 11) is 0. The van der Waals surface area contributed by atoms with Crippen molar-refractivity contribution in [1.29, 1.82) is 0 Å². The Morgan fingerprint density at radius 3 is 2.43 bits per heavy atom. The molecule has 0 aliphatic carbocycles. The highest BCUT2D eigenvalue weighted by Gasteiger charge is 2.31. The van der Waals surface area contributed by atoms with Gasteiger partial charge in [-0.05, 0) is 18.1 Å². The van der Waals surface area contributed by atoms with Gasteiger partial charge in [-0.25, -0.2) is 0 Å². The zero-order valence-electron chi connectivity index (χ0n) is 13.0. The highest BCUT2D eigenvalue weighted by molar-refractivity contribution is 5.98. The highest BCUT2D eigenvalue weighted by Crippen LogP contribution is 2.32. The van der Waals surface area contributed by atoms with Crippen molar-refractivity contribution >= 4 is 11.9 Å². The summed E-state index contributed by atoms with van der Waals surface area (Å²) in [6, 6.07) is 19.5. The molecule has 0 amide bonds. The Bertz CT molecular complexity index is 683. The van der Waals surface area contributed by atoms with E-state index in [2.05, 4.69) is 10.1 Å². The smallest absolute Gasteiger partial charge is 0.165 e. The molecule has 3 atom stereocenters. The number of rotatable bonds is 5. The van der Waals surface area contributed by atoms with Crippen LogP contribution in [-0.4, -0.2) is 23.6 Å². The lowest BCUT2D eigenvalue weighted by Gasteiger charge is -2.16. The molecule has 0 fully saturated rings. The van der Waals surface area contributed by atoms with Gasteiger partial charge in [-0.3, -0.25) is 4.99 Å². The Morgan fingerprint density at radius 2 is 1.78 bits per heavy atom. The third-order valence-electron chi connectivity index (χ3n) is 4.03.